The number of rotatable bonds is 1. The van der Waals surface area contributed by atoms with Crippen molar-refractivity contribution in [2.24, 2.45) is 5.92 Å². The summed E-state index contributed by atoms with van der Waals surface area (Å²) >= 11 is 0. The van der Waals surface area contributed by atoms with Crippen LogP contribution in [0.5, 0.6) is 11.5 Å². The van der Waals surface area contributed by atoms with Gasteiger partial charge in [0, 0.05) is 18.6 Å². The highest BCUT2D eigenvalue weighted by Gasteiger charge is 2.23. The number of benzene rings is 1. The van der Waals surface area contributed by atoms with E-state index in [1.54, 1.807) is 0 Å². The topological polar surface area (TPSA) is 59.2 Å². The van der Waals surface area contributed by atoms with Crippen LogP contribution in [0.15, 0.2) is 12.1 Å². The zero-order valence-electron chi connectivity index (χ0n) is 12.3. The maximum atomic E-state index is 5.74. The molecule has 112 valence electrons. The molecule has 0 bridgehead atoms. The van der Waals surface area contributed by atoms with Crippen molar-refractivity contribution in [1.82, 2.24) is 15.3 Å². The fraction of sp³-hybridized carbons (Fsp3) is 0.562. The Morgan fingerprint density at radius 1 is 1.19 bits per heavy atom. The Kier molecular flexibility index (Phi) is 3.22. The number of hydrogen-bond acceptors (Lipinski definition) is 4. The van der Waals surface area contributed by atoms with Gasteiger partial charge in [-0.1, -0.05) is 6.92 Å². The third-order valence-corrected chi connectivity index (χ3v) is 4.37. The average Bonchev–Trinajstić information content (AvgIpc) is 2.76. The number of nitrogens with zero attached hydrogens (tertiary/aromatic N) is 1. The molecule has 0 aliphatic carbocycles. The van der Waals surface area contributed by atoms with E-state index in [1.165, 1.54) is 6.42 Å². The van der Waals surface area contributed by atoms with Crippen LogP contribution in [0, 0.1) is 5.92 Å². The highest BCUT2D eigenvalue weighted by molar-refractivity contribution is 5.80. The van der Waals surface area contributed by atoms with E-state index in [2.05, 4.69) is 17.2 Å². The van der Waals surface area contributed by atoms with Crippen LogP contribution in [-0.4, -0.2) is 29.7 Å². The van der Waals surface area contributed by atoms with Crippen molar-refractivity contribution in [2.75, 3.05) is 19.8 Å². The van der Waals surface area contributed by atoms with E-state index in [9.17, 15) is 0 Å². The van der Waals surface area contributed by atoms with Gasteiger partial charge in [0.15, 0.2) is 11.5 Å². The van der Waals surface area contributed by atoms with Gasteiger partial charge in [0.1, 0.15) is 5.82 Å². The van der Waals surface area contributed by atoms with Gasteiger partial charge in [-0.05, 0) is 25.3 Å². The average molecular weight is 287 g/mol. The molecule has 0 amide bonds. The van der Waals surface area contributed by atoms with Gasteiger partial charge in [-0.3, -0.25) is 0 Å². The number of ether oxygens (including phenoxy) is 2. The molecule has 1 saturated heterocycles. The lowest BCUT2D eigenvalue weighted by Gasteiger charge is -2.26. The standard InChI is InChI=1S/C16H21N3O2/c1-10-3-4-17-13(7-10)16-18-11-8-14-15(9-12(11)19-16)21-6-2-5-20-14/h8-10,13,17H,2-7H2,1H3,(H,18,19). The van der Waals surface area contributed by atoms with Crippen LogP contribution in [0.1, 0.15) is 38.1 Å². The summed E-state index contributed by atoms with van der Waals surface area (Å²) in [5.41, 5.74) is 1.98. The number of H-pyrrole nitrogens is 1. The zero-order chi connectivity index (χ0) is 14.2. The maximum Gasteiger partial charge on any atom is 0.163 e. The van der Waals surface area contributed by atoms with Crippen molar-refractivity contribution < 1.29 is 9.47 Å². The summed E-state index contributed by atoms with van der Waals surface area (Å²) in [5, 5.41) is 3.55. The minimum atomic E-state index is 0.322. The molecule has 2 atom stereocenters. The van der Waals surface area contributed by atoms with Crippen molar-refractivity contribution in [3.63, 3.8) is 0 Å². The van der Waals surface area contributed by atoms with Gasteiger partial charge in [-0.15, -0.1) is 0 Å². The van der Waals surface area contributed by atoms with Gasteiger partial charge >= 0.3 is 0 Å². The summed E-state index contributed by atoms with van der Waals surface area (Å²) in [6.45, 7) is 4.78. The molecule has 2 aliphatic rings. The van der Waals surface area contributed by atoms with Gasteiger partial charge in [0.05, 0.1) is 30.3 Å². The van der Waals surface area contributed by atoms with Crippen LogP contribution >= 0.6 is 0 Å². The molecule has 1 fully saturated rings. The van der Waals surface area contributed by atoms with Crippen molar-refractivity contribution in [3.8, 4) is 11.5 Å². The van der Waals surface area contributed by atoms with Gasteiger partial charge in [0.25, 0.3) is 0 Å². The number of hydrogen-bond donors (Lipinski definition) is 2. The summed E-state index contributed by atoms with van der Waals surface area (Å²) in [6, 6.07) is 4.32. The van der Waals surface area contributed by atoms with E-state index >= 15 is 0 Å². The molecule has 2 aliphatic heterocycles. The Balaban J connectivity index is 1.69. The summed E-state index contributed by atoms with van der Waals surface area (Å²) in [6.07, 6.45) is 3.30. The lowest BCUT2D eigenvalue weighted by molar-refractivity contribution is 0.297. The second kappa shape index (κ2) is 5.22. The van der Waals surface area contributed by atoms with E-state index in [4.69, 9.17) is 14.5 Å². The first-order chi connectivity index (χ1) is 10.3. The minimum Gasteiger partial charge on any atom is -0.489 e. The van der Waals surface area contributed by atoms with E-state index in [0.29, 0.717) is 19.3 Å². The lowest BCUT2D eigenvalue weighted by atomic mass is 9.94. The molecule has 0 saturated carbocycles. The predicted octanol–water partition coefficient (Wildman–Crippen LogP) is 2.78. The molecule has 1 aromatic carbocycles. The number of piperidine rings is 1. The predicted molar refractivity (Wildman–Crippen MR) is 80.8 cm³/mol. The van der Waals surface area contributed by atoms with Gasteiger partial charge in [0.2, 0.25) is 0 Å². The molecule has 2 aromatic rings. The van der Waals surface area contributed by atoms with Crippen molar-refractivity contribution in [1.29, 1.82) is 0 Å². The van der Waals surface area contributed by atoms with Crippen LogP contribution in [0.3, 0.4) is 0 Å². The summed E-state index contributed by atoms with van der Waals surface area (Å²) in [7, 11) is 0. The smallest absolute Gasteiger partial charge is 0.163 e. The Morgan fingerprint density at radius 3 is 2.81 bits per heavy atom. The largest absolute Gasteiger partial charge is 0.489 e. The Hall–Kier alpha value is -1.75. The highest BCUT2D eigenvalue weighted by Crippen LogP contribution is 2.34. The van der Waals surface area contributed by atoms with Crippen LogP contribution in [-0.2, 0) is 0 Å². The lowest BCUT2D eigenvalue weighted by Crippen LogP contribution is -2.31. The Labute approximate surface area is 124 Å². The van der Waals surface area contributed by atoms with Crippen molar-refractivity contribution in [2.45, 2.75) is 32.2 Å². The van der Waals surface area contributed by atoms with Gasteiger partial charge in [-0.25, -0.2) is 4.98 Å². The maximum absolute atomic E-state index is 5.74. The van der Waals surface area contributed by atoms with E-state index < -0.39 is 0 Å². The molecule has 5 heteroatoms. The normalized spacial score (nSPS) is 25.8. The van der Waals surface area contributed by atoms with Gasteiger partial charge in [-0.2, -0.15) is 0 Å². The van der Waals surface area contributed by atoms with Gasteiger partial charge < -0.3 is 19.8 Å². The Morgan fingerprint density at radius 2 is 2.00 bits per heavy atom. The monoisotopic (exact) mass is 287 g/mol. The molecule has 21 heavy (non-hydrogen) atoms. The molecular formula is C16H21N3O2. The molecule has 2 N–H and O–H groups in total. The second-order valence-electron chi connectivity index (χ2n) is 6.12. The fourth-order valence-corrected chi connectivity index (χ4v) is 3.17. The van der Waals surface area contributed by atoms with E-state index in [0.717, 1.165) is 53.7 Å². The first-order valence-electron chi connectivity index (χ1n) is 7.82. The van der Waals surface area contributed by atoms with Crippen molar-refractivity contribution >= 4 is 11.0 Å². The minimum absolute atomic E-state index is 0.322. The zero-order valence-corrected chi connectivity index (χ0v) is 12.3. The molecule has 0 radical (unpaired) electrons. The number of aromatic nitrogens is 2. The summed E-state index contributed by atoms with van der Waals surface area (Å²) in [4.78, 5) is 8.20. The summed E-state index contributed by atoms with van der Waals surface area (Å²) < 4.78 is 11.5. The van der Waals surface area contributed by atoms with E-state index in [-0.39, 0.29) is 0 Å². The molecule has 2 unspecified atom stereocenters. The van der Waals surface area contributed by atoms with Crippen LogP contribution in [0.2, 0.25) is 0 Å². The third-order valence-electron chi connectivity index (χ3n) is 4.37. The third kappa shape index (κ3) is 2.46. The molecule has 0 spiro atoms. The number of nitrogens with one attached hydrogen (secondary N) is 2. The number of aromatic amines is 1. The van der Waals surface area contributed by atoms with Crippen molar-refractivity contribution in [3.05, 3.63) is 18.0 Å². The fourth-order valence-electron chi connectivity index (χ4n) is 3.17. The molecule has 1 aromatic heterocycles. The number of imidazole rings is 1. The van der Waals surface area contributed by atoms with Crippen LogP contribution in [0.25, 0.3) is 11.0 Å². The molecular weight excluding hydrogens is 266 g/mol. The SMILES string of the molecule is CC1CCNC(c2nc3cc4c(cc3[nH]2)OCCCO4)C1. The number of fused-ring (bicyclic) bond motifs is 2. The quantitative estimate of drug-likeness (QED) is 0.846. The van der Waals surface area contributed by atoms with E-state index in [1.807, 2.05) is 12.1 Å². The van der Waals surface area contributed by atoms with Crippen LogP contribution in [0.4, 0.5) is 0 Å². The first-order valence-corrected chi connectivity index (χ1v) is 7.82. The molecule has 5 nitrogen and oxygen atoms in total. The summed E-state index contributed by atoms with van der Waals surface area (Å²) in [5.74, 6) is 3.40. The van der Waals surface area contributed by atoms with Crippen LogP contribution < -0.4 is 14.8 Å². The Bertz CT molecular complexity index is 609. The highest BCUT2D eigenvalue weighted by atomic mass is 16.5. The molecule has 3 heterocycles. The molecule has 4 rings (SSSR count). The first kappa shape index (κ1) is 13.0. The second-order valence-corrected chi connectivity index (χ2v) is 6.12.